The van der Waals surface area contributed by atoms with E-state index in [2.05, 4.69) is 5.32 Å². The Labute approximate surface area is 101 Å². The Kier molecular flexibility index (Phi) is 5.45. The van der Waals surface area contributed by atoms with Crippen molar-refractivity contribution in [3.8, 4) is 6.07 Å². The molecule has 0 rings (SSSR count). The topological polar surface area (TPSA) is 93.4 Å². The number of carbonyl (C=O) groups excluding carboxylic acids is 1. The van der Waals surface area contributed by atoms with Gasteiger partial charge >= 0.3 is 12.0 Å². The number of carboxylic acids is 1. The molecule has 0 heterocycles. The molecule has 0 bridgehead atoms. The van der Waals surface area contributed by atoms with Crippen LogP contribution in [0, 0.1) is 16.7 Å². The standard InChI is InChI=1S/C11H19N3O3/c1-11(2,3)8(9(15)16)13-10(17)14(4)7-5-6-12/h8H,5,7H2,1-4H3,(H,13,17)(H,15,16)/t8-/m0/s1. The van der Waals surface area contributed by atoms with Crippen LogP contribution in [0.1, 0.15) is 27.2 Å². The molecule has 6 heteroatoms. The van der Waals surface area contributed by atoms with Gasteiger partial charge in [0, 0.05) is 13.6 Å². The van der Waals surface area contributed by atoms with E-state index in [1.54, 1.807) is 20.8 Å². The van der Waals surface area contributed by atoms with Gasteiger partial charge in [0.2, 0.25) is 0 Å². The minimum absolute atomic E-state index is 0.219. The van der Waals surface area contributed by atoms with E-state index in [1.165, 1.54) is 11.9 Å². The molecule has 6 nitrogen and oxygen atoms in total. The van der Waals surface area contributed by atoms with Gasteiger partial charge in [0.05, 0.1) is 12.5 Å². The van der Waals surface area contributed by atoms with Gasteiger partial charge in [0.1, 0.15) is 6.04 Å². The molecule has 0 saturated carbocycles. The number of urea groups is 1. The Bertz CT molecular complexity index is 328. The van der Waals surface area contributed by atoms with E-state index < -0.39 is 23.5 Å². The third-order valence-corrected chi connectivity index (χ3v) is 2.29. The maximum atomic E-state index is 11.7. The molecular weight excluding hydrogens is 222 g/mol. The maximum Gasteiger partial charge on any atom is 0.326 e. The summed E-state index contributed by atoms with van der Waals surface area (Å²) in [6.07, 6.45) is 0.219. The van der Waals surface area contributed by atoms with Crippen LogP contribution in [0.2, 0.25) is 0 Å². The molecule has 96 valence electrons. The SMILES string of the molecule is CN(CCC#N)C(=O)N[C@@H](C(=O)O)C(C)(C)C. The lowest BCUT2D eigenvalue weighted by Gasteiger charge is -2.29. The van der Waals surface area contributed by atoms with Gasteiger partial charge in [0.15, 0.2) is 0 Å². The van der Waals surface area contributed by atoms with Crippen LogP contribution in [0.25, 0.3) is 0 Å². The number of amides is 2. The van der Waals surface area contributed by atoms with E-state index >= 15 is 0 Å². The highest BCUT2D eigenvalue weighted by atomic mass is 16.4. The van der Waals surface area contributed by atoms with Crippen LogP contribution in [0.15, 0.2) is 0 Å². The van der Waals surface area contributed by atoms with Crippen LogP contribution in [-0.4, -0.2) is 41.6 Å². The highest BCUT2D eigenvalue weighted by Gasteiger charge is 2.33. The van der Waals surface area contributed by atoms with Crippen molar-refractivity contribution >= 4 is 12.0 Å². The quantitative estimate of drug-likeness (QED) is 0.769. The van der Waals surface area contributed by atoms with Gasteiger partial charge in [-0.3, -0.25) is 0 Å². The lowest BCUT2D eigenvalue weighted by molar-refractivity contribution is -0.142. The van der Waals surface area contributed by atoms with Gasteiger partial charge in [-0.05, 0) is 5.41 Å². The van der Waals surface area contributed by atoms with E-state index in [9.17, 15) is 9.59 Å². The van der Waals surface area contributed by atoms with E-state index in [4.69, 9.17) is 10.4 Å². The molecule has 0 fully saturated rings. The van der Waals surface area contributed by atoms with Gasteiger partial charge in [-0.15, -0.1) is 0 Å². The summed E-state index contributed by atoms with van der Waals surface area (Å²) in [4.78, 5) is 24.0. The van der Waals surface area contributed by atoms with E-state index in [-0.39, 0.29) is 13.0 Å². The number of aliphatic carboxylic acids is 1. The summed E-state index contributed by atoms with van der Waals surface area (Å²) < 4.78 is 0. The predicted molar refractivity (Wildman–Crippen MR) is 62.3 cm³/mol. The molecule has 0 radical (unpaired) electrons. The number of hydrogen-bond acceptors (Lipinski definition) is 3. The molecule has 0 unspecified atom stereocenters. The molecule has 0 aliphatic rings. The fraction of sp³-hybridized carbons (Fsp3) is 0.727. The van der Waals surface area contributed by atoms with Crippen molar-refractivity contribution < 1.29 is 14.7 Å². The van der Waals surface area contributed by atoms with E-state index in [1.807, 2.05) is 6.07 Å². The molecule has 0 aromatic heterocycles. The van der Waals surface area contributed by atoms with Crippen molar-refractivity contribution in [2.75, 3.05) is 13.6 Å². The minimum atomic E-state index is -1.07. The molecule has 0 aromatic rings. The Morgan fingerprint density at radius 1 is 1.47 bits per heavy atom. The molecule has 2 N–H and O–H groups in total. The molecule has 17 heavy (non-hydrogen) atoms. The van der Waals surface area contributed by atoms with Gasteiger partial charge in [-0.2, -0.15) is 5.26 Å². The molecule has 0 saturated heterocycles. The largest absolute Gasteiger partial charge is 0.480 e. The minimum Gasteiger partial charge on any atom is -0.480 e. The summed E-state index contributed by atoms with van der Waals surface area (Å²) in [5, 5.41) is 19.9. The highest BCUT2D eigenvalue weighted by molar-refractivity contribution is 5.83. The lowest BCUT2D eigenvalue weighted by atomic mass is 9.87. The first-order valence-corrected chi connectivity index (χ1v) is 5.31. The zero-order valence-corrected chi connectivity index (χ0v) is 10.6. The smallest absolute Gasteiger partial charge is 0.326 e. The highest BCUT2D eigenvalue weighted by Crippen LogP contribution is 2.19. The summed E-state index contributed by atoms with van der Waals surface area (Å²) in [7, 11) is 1.52. The van der Waals surface area contributed by atoms with Crippen molar-refractivity contribution in [3.05, 3.63) is 0 Å². The van der Waals surface area contributed by atoms with Gasteiger partial charge in [0.25, 0.3) is 0 Å². The van der Waals surface area contributed by atoms with Crippen molar-refractivity contribution in [1.29, 1.82) is 5.26 Å². The normalized spacial score (nSPS) is 12.4. The zero-order valence-electron chi connectivity index (χ0n) is 10.6. The average molecular weight is 241 g/mol. The monoisotopic (exact) mass is 241 g/mol. The fourth-order valence-corrected chi connectivity index (χ4v) is 1.20. The number of carboxylic acid groups (broad SMARTS) is 1. The van der Waals surface area contributed by atoms with Crippen LogP contribution in [-0.2, 0) is 4.79 Å². The Morgan fingerprint density at radius 2 is 2.00 bits per heavy atom. The molecule has 0 aliphatic carbocycles. The van der Waals surface area contributed by atoms with Crippen LogP contribution in [0.4, 0.5) is 4.79 Å². The van der Waals surface area contributed by atoms with Gasteiger partial charge < -0.3 is 15.3 Å². The molecule has 1 atom stereocenters. The molecule has 0 aliphatic heterocycles. The molecule has 0 spiro atoms. The number of hydrogen-bond donors (Lipinski definition) is 2. The van der Waals surface area contributed by atoms with Crippen molar-refractivity contribution in [3.63, 3.8) is 0 Å². The van der Waals surface area contributed by atoms with E-state index in [0.29, 0.717) is 0 Å². The Hall–Kier alpha value is -1.77. The molecule has 2 amide bonds. The third-order valence-electron chi connectivity index (χ3n) is 2.29. The molecule has 0 aromatic carbocycles. The summed E-state index contributed by atoms with van der Waals surface area (Å²) in [6, 6.07) is 0.479. The fourth-order valence-electron chi connectivity index (χ4n) is 1.20. The summed E-state index contributed by atoms with van der Waals surface area (Å²) in [5.74, 6) is -1.07. The number of rotatable bonds is 4. The number of nitriles is 1. The summed E-state index contributed by atoms with van der Waals surface area (Å²) in [6.45, 7) is 5.49. The number of nitrogens with one attached hydrogen (secondary N) is 1. The van der Waals surface area contributed by atoms with Crippen LogP contribution < -0.4 is 5.32 Å². The third kappa shape index (κ3) is 5.20. The zero-order chi connectivity index (χ0) is 13.6. The van der Waals surface area contributed by atoms with Gasteiger partial charge in [-0.25, -0.2) is 9.59 Å². The Morgan fingerprint density at radius 3 is 2.35 bits per heavy atom. The summed E-state index contributed by atoms with van der Waals surface area (Å²) >= 11 is 0. The number of nitrogens with zero attached hydrogens (tertiary/aromatic N) is 2. The van der Waals surface area contributed by atoms with E-state index in [0.717, 1.165) is 0 Å². The first-order chi connectivity index (χ1) is 7.70. The first kappa shape index (κ1) is 15.2. The Balaban J connectivity index is 4.53. The second kappa shape index (κ2) is 6.09. The first-order valence-electron chi connectivity index (χ1n) is 5.31. The van der Waals surface area contributed by atoms with Crippen molar-refractivity contribution in [2.24, 2.45) is 5.41 Å². The second-order valence-electron chi connectivity index (χ2n) is 4.92. The number of carbonyl (C=O) groups is 2. The predicted octanol–water partition coefficient (Wildman–Crippen LogP) is 1.04. The van der Waals surface area contributed by atoms with Crippen LogP contribution in [0.5, 0.6) is 0 Å². The second-order valence-corrected chi connectivity index (χ2v) is 4.92. The maximum absolute atomic E-state index is 11.7. The van der Waals surface area contributed by atoms with Crippen LogP contribution >= 0.6 is 0 Å². The average Bonchev–Trinajstić information content (AvgIpc) is 2.19. The summed E-state index contributed by atoms with van der Waals surface area (Å²) in [5.41, 5.74) is -0.572. The van der Waals surface area contributed by atoms with Crippen molar-refractivity contribution in [1.82, 2.24) is 10.2 Å². The molecular formula is C11H19N3O3. The van der Waals surface area contributed by atoms with Crippen molar-refractivity contribution in [2.45, 2.75) is 33.2 Å². The van der Waals surface area contributed by atoms with Gasteiger partial charge in [-0.1, -0.05) is 20.8 Å². The van der Waals surface area contributed by atoms with Crippen LogP contribution in [0.3, 0.4) is 0 Å². The lowest BCUT2D eigenvalue weighted by Crippen LogP contribution is -2.52.